The van der Waals surface area contributed by atoms with Gasteiger partial charge in [0.05, 0.1) is 24.1 Å². The van der Waals surface area contributed by atoms with Crippen LogP contribution < -0.4 is 0 Å². The zero-order chi connectivity index (χ0) is 20.3. The van der Waals surface area contributed by atoms with Gasteiger partial charge in [0.25, 0.3) is 11.1 Å². The molecule has 6 nitrogen and oxygen atoms in total. The van der Waals surface area contributed by atoms with Crippen molar-refractivity contribution in [3.8, 4) is 0 Å². The van der Waals surface area contributed by atoms with Gasteiger partial charge < -0.3 is 4.74 Å². The van der Waals surface area contributed by atoms with Gasteiger partial charge in [0, 0.05) is 5.56 Å². The van der Waals surface area contributed by atoms with Crippen LogP contribution in [-0.2, 0) is 9.53 Å². The highest BCUT2D eigenvalue weighted by molar-refractivity contribution is 8.18. The molecule has 0 saturated carbocycles. The number of carbonyl (C=O) groups excluding carboxylic acids is 4. The van der Waals surface area contributed by atoms with Crippen LogP contribution in [0.25, 0.3) is 6.08 Å². The highest BCUT2D eigenvalue weighted by Crippen LogP contribution is 2.32. The topological polar surface area (TPSA) is 80.8 Å². The van der Waals surface area contributed by atoms with Gasteiger partial charge in [0.1, 0.15) is 0 Å². The van der Waals surface area contributed by atoms with Gasteiger partial charge in [-0.15, -0.1) is 0 Å². The smallest absolute Gasteiger partial charge is 0.337 e. The molecule has 0 N–H and O–H groups in total. The van der Waals surface area contributed by atoms with E-state index in [4.69, 9.17) is 0 Å². The van der Waals surface area contributed by atoms with Gasteiger partial charge >= 0.3 is 5.97 Å². The lowest BCUT2D eigenvalue weighted by Gasteiger charge is -2.11. The molecule has 0 spiro atoms. The monoisotopic (exact) mass is 395 g/mol. The molecule has 0 radical (unpaired) electrons. The Bertz CT molecular complexity index is 977. The summed E-state index contributed by atoms with van der Waals surface area (Å²) in [5.41, 5.74) is 2.51. The quantitative estimate of drug-likeness (QED) is 0.436. The number of thioether (sulfide) groups is 1. The zero-order valence-electron chi connectivity index (χ0n) is 15.3. The third-order valence-corrected chi connectivity index (χ3v) is 5.09. The standard InChI is InChI=1S/C21H17NO5S/c1-13-3-7-15(8-4-13)17(23)12-22-19(24)18(28-21(22)26)11-14-5-9-16(10-6-14)20(25)27-2/h3-11H,12H2,1-2H3. The summed E-state index contributed by atoms with van der Waals surface area (Å²) < 4.78 is 4.64. The van der Waals surface area contributed by atoms with E-state index in [1.165, 1.54) is 7.11 Å². The predicted molar refractivity (Wildman–Crippen MR) is 106 cm³/mol. The lowest BCUT2D eigenvalue weighted by molar-refractivity contribution is -0.122. The first-order chi connectivity index (χ1) is 13.4. The number of imide groups is 1. The second-order valence-electron chi connectivity index (χ2n) is 6.17. The van der Waals surface area contributed by atoms with Gasteiger partial charge in [-0.05, 0) is 42.5 Å². The third-order valence-electron chi connectivity index (χ3n) is 4.18. The molecule has 3 rings (SSSR count). The number of amides is 2. The fourth-order valence-corrected chi connectivity index (χ4v) is 3.43. The molecule has 0 aliphatic carbocycles. The van der Waals surface area contributed by atoms with Gasteiger partial charge in [0.15, 0.2) is 5.78 Å². The SMILES string of the molecule is COC(=O)c1ccc(C=C2SC(=O)N(CC(=O)c3ccc(C)cc3)C2=O)cc1. The van der Waals surface area contributed by atoms with E-state index in [1.807, 2.05) is 6.92 Å². The van der Waals surface area contributed by atoms with Crippen molar-refractivity contribution in [3.63, 3.8) is 0 Å². The lowest BCUT2D eigenvalue weighted by Crippen LogP contribution is -2.33. The van der Waals surface area contributed by atoms with Crippen molar-refractivity contribution in [3.05, 3.63) is 75.7 Å². The molecule has 0 unspecified atom stereocenters. The highest BCUT2D eigenvalue weighted by Gasteiger charge is 2.36. The summed E-state index contributed by atoms with van der Waals surface area (Å²) in [6.07, 6.45) is 1.56. The Morgan fingerprint density at radius 3 is 2.21 bits per heavy atom. The van der Waals surface area contributed by atoms with E-state index in [-0.39, 0.29) is 17.2 Å². The van der Waals surface area contributed by atoms with E-state index >= 15 is 0 Å². The van der Waals surface area contributed by atoms with E-state index in [0.29, 0.717) is 16.7 Å². The summed E-state index contributed by atoms with van der Waals surface area (Å²) in [6.45, 7) is 1.61. The fourth-order valence-electron chi connectivity index (χ4n) is 2.60. The number of aryl methyl sites for hydroxylation is 1. The van der Waals surface area contributed by atoms with Crippen LogP contribution in [0.4, 0.5) is 4.79 Å². The number of ether oxygens (including phenoxy) is 1. The van der Waals surface area contributed by atoms with Gasteiger partial charge in [-0.2, -0.15) is 0 Å². The Kier molecular flexibility index (Phi) is 5.75. The van der Waals surface area contributed by atoms with Crippen LogP contribution in [0.2, 0.25) is 0 Å². The summed E-state index contributed by atoms with van der Waals surface area (Å²) in [4.78, 5) is 49.8. The van der Waals surface area contributed by atoms with Crippen molar-refractivity contribution in [1.29, 1.82) is 0 Å². The first kappa shape index (κ1) is 19.6. The van der Waals surface area contributed by atoms with Crippen LogP contribution in [0.3, 0.4) is 0 Å². The molecule has 0 aromatic heterocycles. The van der Waals surface area contributed by atoms with E-state index in [9.17, 15) is 19.2 Å². The molecule has 1 saturated heterocycles. The molecule has 0 bridgehead atoms. The molecule has 2 amide bonds. The number of methoxy groups -OCH3 is 1. The third kappa shape index (κ3) is 4.20. The van der Waals surface area contributed by atoms with Crippen LogP contribution in [-0.4, -0.2) is 41.5 Å². The molecule has 0 atom stereocenters. The van der Waals surface area contributed by atoms with Crippen molar-refractivity contribution in [2.24, 2.45) is 0 Å². The van der Waals surface area contributed by atoms with Crippen LogP contribution in [0.1, 0.15) is 31.8 Å². The molecular weight excluding hydrogens is 378 g/mol. The minimum absolute atomic E-state index is 0.229. The van der Waals surface area contributed by atoms with Gasteiger partial charge in [-0.3, -0.25) is 19.3 Å². The molecule has 7 heteroatoms. The van der Waals surface area contributed by atoms with Crippen molar-refractivity contribution in [2.45, 2.75) is 6.92 Å². The van der Waals surface area contributed by atoms with Crippen LogP contribution >= 0.6 is 11.8 Å². The summed E-state index contributed by atoms with van der Waals surface area (Å²) in [5.74, 6) is -1.26. The predicted octanol–water partition coefficient (Wildman–Crippen LogP) is 3.70. The number of Topliss-reactive ketones (excluding diaryl/α,β-unsaturated/α-hetero) is 1. The summed E-state index contributed by atoms with van der Waals surface area (Å²) in [6, 6.07) is 13.4. The first-order valence-corrected chi connectivity index (χ1v) is 9.24. The fraction of sp³-hybridized carbons (Fsp3) is 0.143. The molecule has 1 fully saturated rings. The summed E-state index contributed by atoms with van der Waals surface area (Å²) >= 11 is 0.786. The number of benzene rings is 2. The van der Waals surface area contributed by atoms with E-state index in [1.54, 1.807) is 54.6 Å². The average molecular weight is 395 g/mol. The Labute approximate surface area is 166 Å². The number of rotatable bonds is 5. The van der Waals surface area contributed by atoms with E-state index in [0.717, 1.165) is 22.2 Å². The van der Waals surface area contributed by atoms with Crippen LogP contribution in [0.15, 0.2) is 53.4 Å². The molecular formula is C21H17NO5S. The molecule has 142 valence electrons. The van der Waals surface area contributed by atoms with Crippen molar-refractivity contribution in [1.82, 2.24) is 4.90 Å². The molecule has 28 heavy (non-hydrogen) atoms. The summed E-state index contributed by atoms with van der Waals surface area (Å²) in [7, 11) is 1.30. The Morgan fingerprint density at radius 2 is 1.61 bits per heavy atom. The number of hydrogen-bond acceptors (Lipinski definition) is 6. The molecule has 1 aliphatic rings. The Hall–Kier alpha value is -3.19. The normalized spacial score (nSPS) is 15.2. The second-order valence-corrected chi connectivity index (χ2v) is 7.16. The maximum atomic E-state index is 12.6. The van der Waals surface area contributed by atoms with Crippen molar-refractivity contribution in [2.75, 3.05) is 13.7 Å². The zero-order valence-corrected chi connectivity index (χ0v) is 16.1. The number of carbonyl (C=O) groups is 4. The highest BCUT2D eigenvalue weighted by atomic mass is 32.2. The number of ketones is 1. The number of nitrogens with zero attached hydrogens (tertiary/aromatic N) is 1. The van der Waals surface area contributed by atoms with Crippen molar-refractivity contribution >= 4 is 40.7 Å². The number of esters is 1. The second kappa shape index (κ2) is 8.22. The lowest BCUT2D eigenvalue weighted by atomic mass is 10.1. The average Bonchev–Trinajstić information content (AvgIpc) is 2.95. The molecule has 2 aromatic carbocycles. The number of hydrogen-bond donors (Lipinski definition) is 0. The molecule has 1 heterocycles. The summed E-state index contributed by atoms with van der Waals surface area (Å²) in [5, 5.41) is -0.483. The van der Waals surface area contributed by atoms with Crippen LogP contribution in [0, 0.1) is 6.92 Å². The van der Waals surface area contributed by atoms with E-state index in [2.05, 4.69) is 4.74 Å². The van der Waals surface area contributed by atoms with Gasteiger partial charge in [0.2, 0.25) is 0 Å². The molecule has 2 aromatic rings. The largest absolute Gasteiger partial charge is 0.465 e. The minimum atomic E-state index is -0.507. The van der Waals surface area contributed by atoms with E-state index < -0.39 is 17.1 Å². The maximum absolute atomic E-state index is 12.6. The van der Waals surface area contributed by atoms with Crippen LogP contribution in [0.5, 0.6) is 0 Å². The molecule has 1 aliphatic heterocycles. The Morgan fingerprint density at radius 1 is 1.00 bits per heavy atom. The van der Waals surface area contributed by atoms with Gasteiger partial charge in [-0.1, -0.05) is 42.0 Å². The minimum Gasteiger partial charge on any atom is -0.465 e. The van der Waals surface area contributed by atoms with Crippen molar-refractivity contribution < 1.29 is 23.9 Å². The first-order valence-electron chi connectivity index (χ1n) is 8.42. The maximum Gasteiger partial charge on any atom is 0.337 e. The Balaban J connectivity index is 1.74. The van der Waals surface area contributed by atoms with Gasteiger partial charge in [-0.25, -0.2) is 4.79 Å².